The van der Waals surface area contributed by atoms with Gasteiger partial charge in [0, 0.05) is 17.8 Å². The Balaban J connectivity index is 1.57. The topological polar surface area (TPSA) is 68.8 Å². The molecule has 3 rings (SSSR count). The van der Waals surface area contributed by atoms with Crippen LogP contribution in [0.5, 0.6) is 17.2 Å². The van der Waals surface area contributed by atoms with Gasteiger partial charge in [0.1, 0.15) is 12.4 Å². The van der Waals surface area contributed by atoms with E-state index in [1.165, 1.54) is 0 Å². The largest absolute Gasteiger partial charge is 0.489 e. The number of carbonyl (C=O) groups is 1. The second-order valence-electron chi connectivity index (χ2n) is 5.91. The highest BCUT2D eigenvalue weighted by atomic mass is 16.7. The van der Waals surface area contributed by atoms with Gasteiger partial charge >= 0.3 is 6.03 Å². The van der Waals surface area contributed by atoms with Gasteiger partial charge in [0.15, 0.2) is 11.5 Å². The zero-order valence-corrected chi connectivity index (χ0v) is 14.4. The first-order valence-electron chi connectivity index (χ1n) is 8.33. The molecule has 0 aromatic heterocycles. The SMILES string of the molecule is CCC(C)NC(=O)Nc1cccc(COc2ccc3c(c2)OCO3)c1. The van der Waals surface area contributed by atoms with Gasteiger partial charge in [0.2, 0.25) is 6.79 Å². The molecule has 6 heteroatoms. The molecule has 1 atom stereocenters. The highest BCUT2D eigenvalue weighted by Crippen LogP contribution is 2.35. The van der Waals surface area contributed by atoms with E-state index in [9.17, 15) is 4.79 Å². The van der Waals surface area contributed by atoms with Gasteiger partial charge in [-0.1, -0.05) is 19.1 Å². The molecule has 132 valence electrons. The molecule has 0 spiro atoms. The maximum atomic E-state index is 11.9. The number of amides is 2. The van der Waals surface area contributed by atoms with Crippen molar-refractivity contribution in [3.05, 3.63) is 48.0 Å². The molecule has 25 heavy (non-hydrogen) atoms. The summed E-state index contributed by atoms with van der Waals surface area (Å²) in [6.45, 7) is 4.63. The molecule has 1 aliphatic heterocycles. The van der Waals surface area contributed by atoms with Crippen molar-refractivity contribution in [3.63, 3.8) is 0 Å². The van der Waals surface area contributed by atoms with Gasteiger partial charge in [-0.3, -0.25) is 0 Å². The van der Waals surface area contributed by atoms with Crippen LogP contribution in [0.3, 0.4) is 0 Å². The normalized spacial score (nSPS) is 13.2. The van der Waals surface area contributed by atoms with E-state index in [0.29, 0.717) is 18.1 Å². The molecule has 0 bridgehead atoms. The Hall–Kier alpha value is -2.89. The Kier molecular flexibility index (Phi) is 5.28. The fourth-order valence-corrected chi connectivity index (χ4v) is 2.37. The maximum absolute atomic E-state index is 11.9. The number of ether oxygens (including phenoxy) is 3. The summed E-state index contributed by atoms with van der Waals surface area (Å²) in [5.41, 5.74) is 1.69. The van der Waals surface area contributed by atoms with E-state index in [2.05, 4.69) is 10.6 Å². The molecule has 1 heterocycles. The van der Waals surface area contributed by atoms with E-state index in [1.807, 2.05) is 56.3 Å². The fourth-order valence-electron chi connectivity index (χ4n) is 2.37. The van der Waals surface area contributed by atoms with Crippen molar-refractivity contribution in [1.82, 2.24) is 5.32 Å². The number of hydrogen-bond acceptors (Lipinski definition) is 4. The molecule has 2 N–H and O–H groups in total. The average molecular weight is 342 g/mol. The smallest absolute Gasteiger partial charge is 0.319 e. The van der Waals surface area contributed by atoms with E-state index in [-0.39, 0.29) is 18.9 Å². The van der Waals surface area contributed by atoms with Gasteiger partial charge in [-0.05, 0) is 43.2 Å². The zero-order chi connectivity index (χ0) is 17.6. The summed E-state index contributed by atoms with van der Waals surface area (Å²) in [4.78, 5) is 11.9. The number of rotatable bonds is 6. The first-order valence-corrected chi connectivity index (χ1v) is 8.33. The summed E-state index contributed by atoms with van der Waals surface area (Å²) in [6.07, 6.45) is 0.886. The number of urea groups is 1. The standard InChI is InChI=1S/C19H22N2O4/c1-3-13(2)20-19(22)21-15-6-4-5-14(9-15)11-23-16-7-8-17-18(10-16)25-12-24-17/h4-10,13H,3,11-12H2,1-2H3,(H2,20,21,22). The van der Waals surface area contributed by atoms with Gasteiger partial charge < -0.3 is 24.8 Å². The number of hydrogen-bond donors (Lipinski definition) is 2. The number of fused-ring (bicyclic) bond motifs is 1. The van der Waals surface area contributed by atoms with Crippen LogP contribution in [0, 0.1) is 0 Å². The van der Waals surface area contributed by atoms with Crippen molar-refractivity contribution in [2.75, 3.05) is 12.1 Å². The molecule has 0 saturated heterocycles. The first-order chi connectivity index (χ1) is 12.1. The minimum absolute atomic E-state index is 0.137. The highest BCUT2D eigenvalue weighted by molar-refractivity contribution is 5.89. The lowest BCUT2D eigenvalue weighted by atomic mass is 10.2. The molecule has 2 aromatic carbocycles. The fraction of sp³-hybridized carbons (Fsp3) is 0.316. The van der Waals surface area contributed by atoms with Crippen molar-refractivity contribution in [1.29, 1.82) is 0 Å². The second kappa shape index (κ2) is 7.79. The Bertz CT molecular complexity index is 748. The third-order valence-electron chi connectivity index (χ3n) is 3.92. The molecule has 2 amide bonds. The van der Waals surface area contributed by atoms with Crippen LogP contribution in [0.15, 0.2) is 42.5 Å². The predicted octanol–water partition coefficient (Wildman–Crippen LogP) is 3.91. The lowest BCUT2D eigenvalue weighted by Gasteiger charge is -2.13. The average Bonchev–Trinajstić information content (AvgIpc) is 3.07. The van der Waals surface area contributed by atoms with E-state index in [4.69, 9.17) is 14.2 Å². The van der Waals surface area contributed by atoms with Crippen LogP contribution in [-0.4, -0.2) is 18.9 Å². The minimum atomic E-state index is -0.205. The zero-order valence-electron chi connectivity index (χ0n) is 14.4. The summed E-state index contributed by atoms with van der Waals surface area (Å²) in [5, 5.41) is 5.71. The molecule has 6 nitrogen and oxygen atoms in total. The molecule has 0 fully saturated rings. The van der Waals surface area contributed by atoms with Gasteiger partial charge in [0.25, 0.3) is 0 Å². The monoisotopic (exact) mass is 342 g/mol. The minimum Gasteiger partial charge on any atom is -0.489 e. The van der Waals surface area contributed by atoms with E-state index in [1.54, 1.807) is 0 Å². The molecule has 0 aliphatic carbocycles. The molecule has 0 radical (unpaired) electrons. The predicted molar refractivity (Wildman–Crippen MR) is 95.2 cm³/mol. The van der Waals surface area contributed by atoms with Crippen molar-refractivity contribution in [2.45, 2.75) is 32.9 Å². The molecular weight excluding hydrogens is 320 g/mol. The molecule has 2 aromatic rings. The molecule has 1 aliphatic rings. The summed E-state index contributed by atoms with van der Waals surface area (Å²) < 4.78 is 16.4. The molecule has 1 unspecified atom stereocenters. The van der Waals surface area contributed by atoms with Gasteiger partial charge in [0.05, 0.1) is 0 Å². The Labute approximate surface area is 147 Å². The number of carbonyl (C=O) groups excluding carboxylic acids is 1. The highest BCUT2D eigenvalue weighted by Gasteiger charge is 2.13. The van der Waals surface area contributed by atoms with Crippen LogP contribution in [0.1, 0.15) is 25.8 Å². The summed E-state index contributed by atoms with van der Waals surface area (Å²) in [6, 6.07) is 13.0. The second-order valence-corrected chi connectivity index (χ2v) is 5.91. The van der Waals surface area contributed by atoms with Crippen molar-refractivity contribution >= 4 is 11.7 Å². The van der Waals surface area contributed by atoms with Crippen molar-refractivity contribution < 1.29 is 19.0 Å². The van der Waals surface area contributed by atoms with Crippen LogP contribution in [0.25, 0.3) is 0 Å². The molecular formula is C19H22N2O4. The van der Waals surface area contributed by atoms with Crippen LogP contribution >= 0.6 is 0 Å². The quantitative estimate of drug-likeness (QED) is 0.835. The lowest BCUT2D eigenvalue weighted by Crippen LogP contribution is -2.35. The van der Waals surface area contributed by atoms with E-state index >= 15 is 0 Å². The van der Waals surface area contributed by atoms with Gasteiger partial charge in [-0.25, -0.2) is 4.79 Å². The third kappa shape index (κ3) is 4.56. The van der Waals surface area contributed by atoms with Gasteiger partial charge in [-0.15, -0.1) is 0 Å². The first kappa shape index (κ1) is 17.0. The Morgan fingerprint density at radius 1 is 1.20 bits per heavy atom. The van der Waals surface area contributed by atoms with Crippen LogP contribution in [0.4, 0.5) is 10.5 Å². The summed E-state index contributed by atoms with van der Waals surface area (Å²) in [5.74, 6) is 2.12. The van der Waals surface area contributed by atoms with Crippen LogP contribution < -0.4 is 24.8 Å². The lowest BCUT2D eigenvalue weighted by molar-refractivity contribution is 0.173. The molecule has 0 saturated carbocycles. The number of anilines is 1. The number of benzene rings is 2. The Morgan fingerprint density at radius 3 is 2.88 bits per heavy atom. The number of nitrogens with one attached hydrogen (secondary N) is 2. The van der Waals surface area contributed by atoms with E-state index < -0.39 is 0 Å². The van der Waals surface area contributed by atoms with Crippen molar-refractivity contribution in [3.8, 4) is 17.2 Å². The summed E-state index contributed by atoms with van der Waals surface area (Å²) in [7, 11) is 0. The Morgan fingerprint density at radius 2 is 2.04 bits per heavy atom. The maximum Gasteiger partial charge on any atom is 0.319 e. The van der Waals surface area contributed by atoms with Gasteiger partial charge in [-0.2, -0.15) is 0 Å². The van der Waals surface area contributed by atoms with E-state index in [0.717, 1.165) is 23.4 Å². The van der Waals surface area contributed by atoms with Crippen LogP contribution in [-0.2, 0) is 6.61 Å². The summed E-state index contributed by atoms with van der Waals surface area (Å²) >= 11 is 0. The van der Waals surface area contributed by atoms with Crippen LogP contribution in [0.2, 0.25) is 0 Å². The third-order valence-corrected chi connectivity index (χ3v) is 3.92. The van der Waals surface area contributed by atoms with Crippen molar-refractivity contribution in [2.24, 2.45) is 0 Å².